The molecule has 3 heterocycles. The van der Waals surface area contributed by atoms with Crippen molar-refractivity contribution >= 4 is 32.7 Å². The maximum atomic E-state index is 10.6. The highest BCUT2D eigenvalue weighted by Gasteiger charge is 2.15. The van der Waals surface area contributed by atoms with Crippen LogP contribution in [-0.4, -0.2) is 19.6 Å². The van der Waals surface area contributed by atoms with Crippen molar-refractivity contribution in [2.75, 3.05) is 0 Å². The van der Waals surface area contributed by atoms with Gasteiger partial charge in [0.1, 0.15) is 22.8 Å². The number of pyridine rings is 2. The zero-order chi connectivity index (χ0) is 26.3. The molecular formula is C34H25N3O2. The Morgan fingerprint density at radius 1 is 0.744 bits per heavy atom. The molecule has 0 amide bonds. The highest BCUT2D eigenvalue weighted by Crippen LogP contribution is 2.37. The van der Waals surface area contributed by atoms with Gasteiger partial charge in [0.15, 0.2) is 0 Å². The van der Waals surface area contributed by atoms with Crippen molar-refractivity contribution < 1.29 is 9.84 Å². The summed E-state index contributed by atoms with van der Waals surface area (Å²) in [7, 11) is 0. The lowest BCUT2D eigenvalue weighted by Gasteiger charge is -2.11. The maximum Gasteiger partial charge on any atom is 0.219 e. The summed E-state index contributed by atoms with van der Waals surface area (Å²) in [6.07, 6.45) is 2.80. The Labute approximate surface area is 225 Å². The van der Waals surface area contributed by atoms with Gasteiger partial charge in [0.25, 0.3) is 0 Å². The van der Waals surface area contributed by atoms with Gasteiger partial charge in [0, 0.05) is 34.5 Å². The summed E-state index contributed by atoms with van der Waals surface area (Å²) in [5, 5.41) is 13.8. The van der Waals surface area contributed by atoms with Gasteiger partial charge in [-0.3, -0.25) is 4.57 Å². The van der Waals surface area contributed by atoms with Crippen LogP contribution < -0.4 is 4.74 Å². The fraction of sp³-hybridized carbons (Fsp3) is 0.0588. The summed E-state index contributed by atoms with van der Waals surface area (Å²) in [5.74, 6) is 2.06. The normalized spacial score (nSPS) is 11.4. The van der Waals surface area contributed by atoms with Gasteiger partial charge in [-0.1, -0.05) is 55.5 Å². The molecule has 7 aromatic rings. The highest BCUT2D eigenvalue weighted by molar-refractivity contribution is 6.09. The van der Waals surface area contributed by atoms with E-state index < -0.39 is 0 Å². The molecule has 0 bridgehead atoms. The third-order valence-corrected chi connectivity index (χ3v) is 7.21. The number of phenols is 1. The molecule has 0 aliphatic rings. The number of aromatic nitrogens is 3. The number of fused-ring (bicyclic) bond motifs is 4. The Morgan fingerprint density at radius 3 is 2.41 bits per heavy atom. The Balaban J connectivity index is 1.34. The van der Waals surface area contributed by atoms with Crippen LogP contribution in [0, 0.1) is 0 Å². The van der Waals surface area contributed by atoms with Crippen LogP contribution >= 0.6 is 0 Å². The van der Waals surface area contributed by atoms with E-state index >= 15 is 0 Å². The first-order valence-corrected chi connectivity index (χ1v) is 13.0. The first-order chi connectivity index (χ1) is 19.2. The number of hydrogen-bond donors (Lipinski definition) is 1. The summed E-state index contributed by atoms with van der Waals surface area (Å²) in [5.41, 5.74) is 5.90. The number of rotatable bonds is 5. The Morgan fingerprint density at radius 2 is 1.54 bits per heavy atom. The van der Waals surface area contributed by atoms with E-state index in [0.29, 0.717) is 17.1 Å². The molecule has 39 heavy (non-hydrogen) atoms. The summed E-state index contributed by atoms with van der Waals surface area (Å²) in [4.78, 5) is 9.39. The Kier molecular flexibility index (Phi) is 5.48. The zero-order valence-electron chi connectivity index (χ0n) is 21.4. The number of aromatic hydroxyl groups is 1. The summed E-state index contributed by atoms with van der Waals surface area (Å²) >= 11 is 0. The van der Waals surface area contributed by atoms with E-state index in [1.165, 1.54) is 5.56 Å². The van der Waals surface area contributed by atoms with Gasteiger partial charge >= 0.3 is 0 Å². The van der Waals surface area contributed by atoms with E-state index in [4.69, 9.17) is 14.7 Å². The molecule has 0 saturated heterocycles. The molecule has 0 aliphatic heterocycles. The number of ether oxygens (including phenoxy) is 1. The molecule has 0 unspecified atom stereocenters. The predicted octanol–water partition coefficient (Wildman–Crippen LogP) is 8.45. The van der Waals surface area contributed by atoms with E-state index in [9.17, 15) is 5.11 Å². The molecule has 0 fully saturated rings. The van der Waals surface area contributed by atoms with Crippen molar-refractivity contribution in [3.63, 3.8) is 0 Å². The van der Waals surface area contributed by atoms with Crippen LogP contribution in [0.25, 0.3) is 49.7 Å². The molecule has 188 valence electrons. The zero-order valence-corrected chi connectivity index (χ0v) is 21.4. The van der Waals surface area contributed by atoms with E-state index in [-0.39, 0.29) is 5.75 Å². The van der Waals surface area contributed by atoms with Crippen LogP contribution in [0.2, 0.25) is 0 Å². The molecule has 1 N–H and O–H groups in total. The second kappa shape index (κ2) is 9.30. The molecule has 5 nitrogen and oxygen atoms in total. The van der Waals surface area contributed by atoms with Crippen LogP contribution in [0.4, 0.5) is 0 Å². The molecule has 4 aromatic carbocycles. The largest absolute Gasteiger partial charge is 0.506 e. The van der Waals surface area contributed by atoms with Crippen molar-refractivity contribution in [1.29, 1.82) is 0 Å². The Hall–Kier alpha value is -5.16. The first-order valence-electron chi connectivity index (χ1n) is 13.0. The SMILES string of the molecule is CCc1ccnc(-n2c3ccccc3c3ccc(Oc4ccc5c(-c6ccccc6)ccc(O)c5n4)cc32)c1. The molecule has 0 spiro atoms. The number of aryl methyl sites for hydroxylation is 1. The summed E-state index contributed by atoms with van der Waals surface area (Å²) in [6.45, 7) is 2.15. The molecule has 0 atom stereocenters. The minimum Gasteiger partial charge on any atom is -0.506 e. The third kappa shape index (κ3) is 3.96. The molecule has 5 heteroatoms. The molecule has 0 saturated carbocycles. The topological polar surface area (TPSA) is 60.2 Å². The molecule has 0 aliphatic carbocycles. The standard InChI is InChI=1S/C34H25N3O2/c1-2-22-18-19-35-32(20-22)37-29-11-7-6-10-26(29)27-13-12-24(21-30(27)37)39-33-17-15-28-25(23-8-4-3-5-9-23)14-16-31(38)34(28)36-33/h3-21,38H,2H2,1H3. The lowest BCUT2D eigenvalue weighted by Crippen LogP contribution is -1.98. The van der Waals surface area contributed by atoms with Gasteiger partial charge in [0.2, 0.25) is 5.88 Å². The van der Waals surface area contributed by atoms with Gasteiger partial charge in [0.05, 0.1) is 11.0 Å². The minimum absolute atomic E-state index is 0.118. The van der Waals surface area contributed by atoms with Crippen molar-refractivity contribution in [3.05, 3.63) is 121 Å². The predicted molar refractivity (Wildman–Crippen MR) is 157 cm³/mol. The second-order valence-corrected chi connectivity index (χ2v) is 9.55. The van der Waals surface area contributed by atoms with Crippen LogP contribution in [0.3, 0.4) is 0 Å². The molecule has 7 rings (SSSR count). The van der Waals surface area contributed by atoms with Crippen LogP contribution in [0.1, 0.15) is 12.5 Å². The quantitative estimate of drug-likeness (QED) is 0.254. The van der Waals surface area contributed by atoms with Crippen LogP contribution in [0.5, 0.6) is 17.4 Å². The number of phenolic OH excluding ortho intramolecular Hbond substituents is 1. The number of nitrogens with zero attached hydrogens (tertiary/aromatic N) is 3. The van der Waals surface area contributed by atoms with E-state index in [1.54, 1.807) is 6.07 Å². The minimum atomic E-state index is 0.118. The second-order valence-electron chi connectivity index (χ2n) is 9.55. The van der Waals surface area contributed by atoms with Gasteiger partial charge in [-0.2, -0.15) is 0 Å². The summed E-state index contributed by atoms with van der Waals surface area (Å²) < 4.78 is 8.45. The lowest BCUT2D eigenvalue weighted by molar-refractivity contribution is 0.460. The number of para-hydroxylation sites is 1. The maximum absolute atomic E-state index is 10.6. The van der Waals surface area contributed by atoms with Crippen LogP contribution in [-0.2, 0) is 6.42 Å². The van der Waals surface area contributed by atoms with Gasteiger partial charge in [-0.05, 0) is 71.6 Å². The molecule has 3 aromatic heterocycles. The Bertz CT molecular complexity index is 1990. The average molecular weight is 508 g/mol. The average Bonchev–Trinajstić information content (AvgIpc) is 3.31. The smallest absolute Gasteiger partial charge is 0.219 e. The fourth-order valence-electron chi connectivity index (χ4n) is 5.30. The van der Waals surface area contributed by atoms with Gasteiger partial charge in [-0.15, -0.1) is 0 Å². The molecular weight excluding hydrogens is 482 g/mol. The van der Waals surface area contributed by atoms with Crippen molar-refractivity contribution in [2.24, 2.45) is 0 Å². The third-order valence-electron chi connectivity index (χ3n) is 7.21. The monoisotopic (exact) mass is 507 g/mol. The van der Waals surface area contributed by atoms with E-state index in [2.05, 4.69) is 60.0 Å². The van der Waals surface area contributed by atoms with Crippen LogP contribution in [0.15, 0.2) is 115 Å². The van der Waals surface area contributed by atoms with Crippen molar-refractivity contribution in [3.8, 4) is 34.3 Å². The van der Waals surface area contributed by atoms with Gasteiger partial charge in [-0.25, -0.2) is 9.97 Å². The lowest BCUT2D eigenvalue weighted by atomic mass is 10.0. The van der Waals surface area contributed by atoms with Crippen molar-refractivity contribution in [2.45, 2.75) is 13.3 Å². The first kappa shape index (κ1) is 23.0. The van der Waals surface area contributed by atoms with Gasteiger partial charge < -0.3 is 9.84 Å². The summed E-state index contributed by atoms with van der Waals surface area (Å²) in [6, 6.07) is 36.1. The van der Waals surface area contributed by atoms with E-state index in [1.807, 2.05) is 60.8 Å². The number of hydrogen-bond acceptors (Lipinski definition) is 4. The molecule has 0 radical (unpaired) electrons. The van der Waals surface area contributed by atoms with Crippen molar-refractivity contribution in [1.82, 2.24) is 14.5 Å². The fourth-order valence-corrected chi connectivity index (χ4v) is 5.30. The van der Waals surface area contributed by atoms with E-state index in [0.717, 1.165) is 50.6 Å². The highest BCUT2D eigenvalue weighted by atomic mass is 16.5. The number of benzene rings is 4.